The van der Waals surface area contributed by atoms with E-state index in [1.165, 1.54) is 38.5 Å². The van der Waals surface area contributed by atoms with Gasteiger partial charge in [-0.1, -0.05) is 84.0 Å². The second-order valence-electron chi connectivity index (χ2n) is 11.8. The molecule has 40 heavy (non-hydrogen) atoms. The Bertz CT molecular complexity index is 759. The van der Waals surface area contributed by atoms with Gasteiger partial charge in [0.05, 0.1) is 0 Å². The third kappa shape index (κ3) is 7.17. The molecule has 0 nitrogen and oxygen atoms in total. The Morgan fingerprint density at radius 3 is 1.23 bits per heavy atom. The van der Waals surface area contributed by atoms with Crippen LogP contribution in [0, 0.1) is 23.7 Å². The summed E-state index contributed by atoms with van der Waals surface area (Å²) in [6, 6.07) is 0. The lowest BCUT2D eigenvalue weighted by molar-refractivity contribution is -0.443. The van der Waals surface area contributed by atoms with Crippen LogP contribution < -0.4 is 0 Å². The number of halogens is 13. The van der Waals surface area contributed by atoms with E-state index in [-0.39, 0.29) is 18.8 Å². The molecule has 2 saturated carbocycles. The van der Waals surface area contributed by atoms with E-state index < -0.39 is 54.5 Å². The molecule has 0 saturated heterocycles. The Hall–Kier alpha value is -0.910. The molecule has 0 atom stereocenters. The molecule has 0 aromatic carbocycles. The zero-order valence-corrected chi connectivity index (χ0v) is 22.5. The van der Waals surface area contributed by atoms with Crippen LogP contribution in [-0.2, 0) is 0 Å². The highest BCUT2D eigenvalue weighted by Crippen LogP contribution is 2.62. The van der Waals surface area contributed by atoms with Crippen LogP contribution in [0.25, 0.3) is 0 Å². The van der Waals surface area contributed by atoms with Crippen LogP contribution in [0.15, 0.2) is 0 Å². The summed E-state index contributed by atoms with van der Waals surface area (Å²) in [5.41, 5.74) is 0. The fourth-order valence-corrected chi connectivity index (χ4v) is 6.17. The molecule has 0 unspecified atom stereocenters. The van der Waals surface area contributed by atoms with Gasteiger partial charge in [-0.25, -0.2) is 0 Å². The Morgan fingerprint density at radius 2 is 0.800 bits per heavy atom. The molecule has 0 bridgehead atoms. The standard InChI is InChI=1S/C27H39F13/c1-2-3-4-5-6-7-18-8-10-19(11-9-18)12-13-20-14-16-21(17-15-20)22(28,29)23(30,31)24(32,33)25(34,35)26(36,37)27(38,39)40/h18-21H,2-17H2,1H3. The second-order valence-corrected chi connectivity index (χ2v) is 11.8. The highest BCUT2D eigenvalue weighted by atomic mass is 19.4. The largest absolute Gasteiger partial charge is 0.460 e. The topological polar surface area (TPSA) is 0 Å². The van der Waals surface area contributed by atoms with Crippen LogP contribution in [0.4, 0.5) is 57.1 Å². The van der Waals surface area contributed by atoms with E-state index in [1.807, 2.05) is 0 Å². The van der Waals surface area contributed by atoms with Crippen molar-refractivity contribution in [1.82, 2.24) is 0 Å². The van der Waals surface area contributed by atoms with Crippen molar-refractivity contribution in [3.05, 3.63) is 0 Å². The van der Waals surface area contributed by atoms with Gasteiger partial charge in [-0.05, 0) is 43.4 Å². The molecule has 0 spiro atoms. The molecule has 238 valence electrons. The third-order valence-corrected chi connectivity index (χ3v) is 8.98. The van der Waals surface area contributed by atoms with Gasteiger partial charge >= 0.3 is 35.8 Å². The quantitative estimate of drug-likeness (QED) is 0.136. The molecule has 0 aromatic heterocycles. The molecule has 2 aliphatic rings. The van der Waals surface area contributed by atoms with Crippen LogP contribution in [0.2, 0.25) is 0 Å². The smallest absolute Gasteiger partial charge is 0.199 e. The number of rotatable bonds is 14. The predicted octanol–water partition coefficient (Wildman–Crippen LogP) is 11.5. The van der Waals surface area contributed by atoms with Gasteiger partial charge in [-0.3, -0.25) is 0 Å². The van der Waals surface area contributed by atoms with Gasteiger partial charge in [-0.2, -0.15) is 57.1 Å². The maximum Gasteiger partial charge on any atom is 0.460 e. The molecule has 0 radical (unpaired) electrons. The van der Waals surface area contributed by atoms with Crippen molar-refractivity contribution < 1.29 is 57.1 Å². The molecule has 13 heteroatoms. The fraction of sp³-hybridized carbons (Fsp3) is 1.00. The minimum absolute atomic E-state index is 0.0931. The van der Waals surface area contributed by atoms with Crippen molar-refractivity contribution in [2.75, 3.05) is 0 Å². The van der Waals surface area contributed by atoms with Crippen molar-refractivity contribution in [1.29, 1.82) is 0 Å². The molecule has 0 N–H and O–H groups in total. The van der Waals surface area contributed by atoms with Crippen LogP contribution in [0.5, 0.6) is 0 Å². The number of alkyl halides is 13. The molecular formula is C27H39F13. The first-order valence-corrected chi connectivity index (χ1v) is 14.2. The number of hydrogen-bond donors (Lipinski definition) is 0. The van der Waals surface area contributed by atoms with Crippen molar-refractivity contribution >= 4 is 0 Å². The maximum atomic E-state index is 14.5. The zero-order valence-electron chi connectivity index (χ0n) is 22.5. The molecule has 2 aliphatic carbocycles. The van der Waals surface area contributed by atoms with Gasteiger partial charge in [0, 0.05) is 5.92 Å². The summed E-state index contributed by atoms with van der Waals surface area (Å²) in [5, 5.41) is 0. The van der Waals surface area contributed by atoms with Gasteiger partial charge in [0.1, 0.15) is 0 Å². The van der Waals surface area contributed by atoms with Crippen LogP contribution in [-0.4, -0.2) is 35.8 Å². The van der Waals surface area contributed by atoms with Crippen LogP contribution in [0.1, 0.15) is 110 Å². The van der Waals surface area contributed by atoms with Gasteiger partial charge in [-0.15, -0.1) is 0 Å². The minimum Gasteiger partial charge on any atom is -0.199 e. The first kappa shape index (κ1) is 35.3. The first-order valence-electron chi connectivity index (χ1n) is 14.2. The number of unbranched alkanes of at least 4 members (excludes halogenated alkanes) is 4. The van der Waals surface area contributed by atoms with E-state index in [1.54, 1.807) is 0 Å². The van der Waals surface area contributed by atoms with Gasteiger partial charge in [0.2, 0.25) is 0 Å². The average molecular weight is 611 g/mol. The summed E-state index contributed by atoms with van der Waals surface area (Å²) in [4.78, 5) is 0. The van der Waals surface area contributed by atoms with E-state index >= 15 is 0 Å². The molecule has 0 heterocycles. The Balaban J connectivity index is 1.88. The molecule has 2 rings (SSSR count). The lowest BCUT2D eigenvalue weighted by Gasteiger charge is -2.43. The molecule has 0 aliphatic heterocycles. The Labute approximate surface area is 226 Å². The highest BCUT2D eigenvalue weighted by molar-refractivity contribution is 5.11. The average Bonchev–Trinajstić information content (AvgIpc) is 2.87. The second kappa shape index (κ2) is 13.2. The van der Waals surface area contributed by atoms with E-state index in [2.05, 4.69) is 6.92 Å². The third-order valence-electron chi connectivity index (χ3n) is 8.98. The van der Waals surface area contributed by atoms with Gasteiger partial charge in [0.25, 0.3) is 0 Å². The summed E-state index contributed by atoms with van der Waals surface area (Å²) in [5.74, 6) is -37.9. The molecule has 0 aromatic rings. The minimum atomic E-state index is -7.82. The summed E-state index contributed by atoms with van der Waals surface area (Å²) < 4.78 is 175. The van der Waals surface area contributed by atoms with Gasteiger partial charge in [0.15, 0.2) is 0 Å². The normalized spacial score (nSPS) is 26.2. The molecular weight excluding hydrogens is 571 g/mol. The van der Waals surface area contributed by atoms with Crippen LogP contribution in [0.3, 0.4) is 0 Å². The zero-order chi connectivity index (χ0) is 30.6. The summed E-state index contributed by atoms with van der Waals surface area (Å²) in [6.45, 7) is 2.16. The lowest BCUT2D eigenvalue weighted by atomic mass is 9.72. The Morgan fingerprint density at radius 1 is 0.425 bits per heavy atom. The van der Waals surface area contributed by atoms with Crippen molar-refractivity contribution in [3.63, 3.8) is 0 Å². The van der Waals surface area contributed by atoms with Gasteiger partial charge < -0.3 is 0 Å². The summed E-state index contributed by atoms with van der Waals surface area (Å²) >= 11 is 0. The van der Waals surface area contributed by atoms with E-state index in [4.69, 9.17) is 0 Å². The van der Waals surface area contributed by atoms with E-state index in [9.17, 15) is 57.1 Å². The molecule has 0 amide bonds. The lowest BCUT2D eigenvalue weighted by Crippen LogP contribution is -2.71. The van der Waals surface area contributed by atoms with Crippen molar-refractivity contribution in [2.24, 2.45) is 23.7 Å². The summed E-state index contributed by atoms with van der Waals surface area (Å²) in [6.07, 6.45) is 3.77. The highest BCUT2D eigenvalue weighted by Gasteiger charge is 2.91. The monoisotopic (exact) mass is 610 g/mol. The van der Waals surface area contributed by atoms with E-state index in [0.29, 0.717) is 18.3 Å². The maximum absolute atomic E-state index is 14.5. The SMILES string of the molecule is CCCCCCCC1CCC(CCC2CCC(C(F)(F)C(F)(F)C(F)(F)C(F)(F)C(F)(F)C(F)(F)F)CC2)CC1. The van der Waals surface area contributed by atoms with Crippen molar-refractivity contribution in [3.8, 4) is 0 Å². The Kier molecular flexibility index (Phi) is 11.6. The number of hydrogen-bond acceptors (Lipinski definition) is 0. The van der Waals surface area contributed by atoms with E-state index in [0.717, 1.165) is 32.1 Å². The van der Waals surface area contributed by atoms with Crippen molar-refractivity contribution in [2.45, 2.75) is 145 Å². The predicted molar refractivity (Wildman–Crippen MR) is 124 cm³/mol. The first-order chi connectivity index (χ1) is 18.2. The molecule has 2 fully saturated rings. The summed E-state index contributed by atoms with van der Waals surface area (Å²) in [7, 11) is 0. The van der Waals surface area contributed by atoms with Crippen LogP contribution >= 0.6 is 0 Å². The fourth-order valence-electron chi connectivity index (χ4n) is 6.17.